The molecule has 4 saturated heterocycles. The molecule has 1 aromatic carbocycles. The number of benzene rings is 1. The summed E-state index contributed by atoms with van der Waals surface area (Å²) >= 11 is 0. The Kier molecular flexibility index (Phi) is 6.47. The van der Waals surface area contributed by atoms with Crippen LogP contribution in [0.25, 0.3) is 27.6 Å². The summed E-state index contributed by atoms with van der Waals surface area (Å²) in [5.41, 5.74) is 0.553. The van der Waals surface area contributed by atoms with Crippen molar-refractivity contribution in [1.29, 1.82) is 0 Å². The number of pyridine rings is 1. The van der Waals surface area contributed by atoms with Crippen molar-refractivity contribution in [2.75, 3.05) is 43.4 Å². The van der Waals surface area contributed by atoms with E-state index in [2.05, 4.69) is 26.8 Å². The van der Waals surface area contributed by atoms with Gasteiger partial charge < -0.3 is 20.7 Å². The number of nitrogens with zero attached hydrogens (tertiary/aromatic N) is 5. The predicted octanol–water partition coefficient (Wildman–Crippen LogP) is 5.98. The molecule has 3 N–H and O–H groups in total. The molecule has 47 heavy (non-hydrogen) atoms. The maximum absolute atomic E-state index is 16.9. The van der Waals surface area contributed by atoms with E-state index in [1.165, 1.54) is 0 Å². The first-order valence-electron chi connectivity index (χ1n) is 15.4. The summed E-state index contributed by atoms with van der Waals surface area (Å²) in [6.45, 7) is 6.81. The molecule has 0 aliphatic carbocycles. The second-order valence-corrected chi connectivity index (χ2v) is 13.5. The Balaban J connectivity index is 1.35. The lowest BCUT2D eigenvalue weighted by Gasteiger charge is -2.39. The fraction of sp³-hybridized carbons (Fsp3) is 0.469. The second-order valence-electron chi connectivity index (χ2n) is 13.5. The zero-order valence-corrected chi connectivity index (χ0v) is 25.3. The fourth-order valence-electron chi connectivity index (χ4n) is 8.73. The number of anilines is 2. The number of rotatable bonds is 4. The molecule has 1 spiro atoms. The number of nitrogen functional groups attached to an aromatic ring is 1. The number of aromatic nitrogens is 3. The van der Waals surface area contributed by atoms with E-state index in [-0.39, 0.29) is 71.8 Å². The minimum absolute atomic E-state index is 0.0101. The van der Waals surface area contributed by atoms with Gasteiger partial charge in [0.2, 0.25) is 0 Å². The van der Waals surface area contributed by atoms with Gasteiger partial charge in [-0.2, -0.15) is 31.9 Å². The van der Waals surface area contributed by atoms with Crippen molar-refractivity contribution < 1.29 is 35.5 Å². The van der Waals surface area contributed by atoms with E-state index < -0.39 is 62.9 Å². The van der Waals surface area contributed by atoms with Crippen molar-refractivity contribution in [2.24, 2.45) is 0 Å². The third-order valence-corrected chi connectivity index (χ3v) is 10.6. The lowest BCUT2D eigenvalue weighted by molar-refractivity contribution is -0.137. The van der Waals surface area contributed by atoms with Gasteiger partial charge in [0.1, 0.15) is 29.6 Å². The Labute approximate surface area is 264 Å². The minimum Gasteiger partial charge on any atom is -0.461 e. The molecule has 7 heterocycles. The van der Waals surface area contributed by atoms with Gasteiger partial charge in [-0.05, 0) is 57.2 Å². The smallest absolute Gasteiger partial charge is 0.418 e. The Morgan fingerprint density at radius 1 is 1.15 bits per heavy atom. The second kappa shape index (κ2) is 10.0. The standard InChI is InChI=1S/C32H30F7N7O/c1-14-7-31-9-17(41-12-31)11-46(31)28-22-20(14)24(33)21(18-6-19(40)42-15(2)23(18)32(37,38)39)25(34)26(22)43-29(44-28)47-13-30-4-3-5-45(30)10-16(8-30)27(35)36/h6,17,41H,1,3-5,7-13H2,2H3,(H2,40,42)/t17-,30+,31-/m1/s1. The van der Waals surface area contributed by atoms with Crippen LogP contribution < -0.4 is 20.7 Å². The largest absolute Gasteiger partial charge is 0.461 e. The SMILES string of the molecule is C=C1C[C@@]23CN[C@@H](CN2c2nc(OC[C@@]45CCCN4CC(=C(F)F)C5)nc4c(F)c(-c5cc(N)nc(C)c5C(F)(F)F)c(F)c1c24)C3. The summed E-state index contributed by atoms with van der Waals surface area (Å²) in [5, 5.41) is 3.42. The van der Waals surface area contributed by atoms with Crippen LogP contribution in [0.4, 0.5) is 42.4 Å². The maximum atomic E-state index is 16.9. The van der Waals surface area contributed by atoms with Crippen LogP contribution in [-0.2, 0) is 6.18 Å². The van der Waals surface area contributed by atoms with Crippen molar-refractivity contribution in [2.45, 2.75) is 62.3 Å². The molecule has 0 unspecified atom stereocenters. The highest BCUT2D eigenvalue weighted by atomic mass is 19.4. The number of nitrogens with one attached hydrogen (secondary N) is 1. The molecule has 4 fully saturated rings. The quantitative estimate of drug-likeness (QED) is 0.330. The van der Waals surface area contributed by atoms with Gasteiger partial charge in [0.25, 0.3) is 6.08 Å². The number of hydrogen-bond acceptors (Lipinski definition) is 8. The van der Waals surface area contributed by atoms with E-state index in [0.717, 1.165) is 19.4 Å². The van der Waals surface area contributed by atoms with Crippen molar-refractivity contribution in [3.63, 3.8) is 0 Å². The lowest BCUT2D eigenvalue weighted by atomic mass is 9.86. The number of ether oxygens (including phenoxy) is 1. The van der Waals surface area contributed by atoms with Crippen LogP contribution in [0.1, 0.15) is 48.9 Å². The molecule has 2 bridgehead atoms. The summed E-state index contributed by atoms with van der Waals surface area (Å²) in [4.78, 5) is 16.6. The molecule has 5 aliphatic heterocycles. The van der Waals surface area contributed by atoms with Gasteiger partial charge >= 0.3 is 12.2 Å². The first-order chi connectivity index (χ1) is 22.2. The predicted molar refractivity (Wildman–Crippen MR) is 160 cm³/mol. The Bertz CT molecular complexity index is 1930. The summed E-state index contributed by atoms with van der Waals surface area (Å²) in [6, 6.07) is 0.601. The number of hydrogen-bond donors (Lipinski definition) is 2. The van der Waals surface area contributed by atoms with E-state index in [9.17, 15) is 22.0 Å². The third kappa shape index (κ3) is 4.38. The van der Waals surface area contributed by atoms with Gasteiger partial charge in [0.15, 0.2) is 5.82 Å². The fourth-order valence-corrected chi connectivity index (χ4v) is 8.73. The molecular formula is C32H30F7N7O. The van der Waals surface area contributed by atoms with Crippen molar-refractivity contribution in [3.05, 3.63) is 52.8 Å². The first-order valence-corrected chi connectivity index (χ1v) is 15.4. The van der Waals surface area contributed by atoms with Gasteiger partial charge in [-0.25, -0.2) is 13.8 Å². The van der Waals surface area contributed by atoms with Gasteiger partial charge in [-0.15, -0.1) is 0 Å². The van der Waals surface area contributed by atoms with Gasteiger partial charge in [-0.3, -0.25) is 4.90 Å². The summed E-state index contributed by atoms with van der Waals surface area (Å²) in [5.74, 6) is -2.73. The number of halogens is 7. The summed E-state index contributed by atoms with van der Waals surface area (Å²) < 4.78 is 110. The lowest BCUT2D eigenvalue weighted by Crippen LogP contribution is -2.53. The Hall–Kier alpha value is -3.98. The topological polar surface area (TPSA) is 92.4 Å². The minimum atomic E-state index is -5.02. The first kappa shape index (κ1) is 30.4. The molecule has 8 rings (SSSR count). The molecule has 15 heteroatoms. The highest BCUT2D eigenvalue weighted by Crippen LogP contribution is 2.53. The van der Waals surface area contributed by atoms with Crippen LogP contribution in [0.3, 0.4) is 0 Å². The van der Waals surface area contributed by atoms with Crippen molar-refractivity contribution >= 4 is 28.1 Å². The molecule has 2 aromatic heterocycles. The number of aryl methyl sites for hydroxylation is 1. The maximum Gasteiger partial charge on any atom is 0.418 e. The van der Waals surface area contributed by atoms with Crippen LogP contribution in [0.15, 0.2) is 24.3 Å². The average molecular weight is 662 g/mol. The zero-order valence-electron chi connectivity index (χ0n) is 25.3. The van der Waals surface area contributed by atoms with Crippen LogP contribution in [0, 0.1) is 18.6 Å². The van der Waals surface area contributed by atoms with Gasteiger partial charge in [-0.1, -0.05) is 6.58 Å². The normalized spacial score (nSPS) is 26.7. The van der Waals surface area contributed by atoms with E-state index in [1.807, 2.05) is 9.80 Å². The van der Waals surface area contributed by atoms with E-state index >= 15 is 8.78 Å². The zero-order chi connectivity index (χ0) is 33.2. The molecule has 3 atom stereocenters. The van der Waals surface area contributed by atoms with Crippen LogP contribution in [0.2, 0.25) is 0 Å². The highest BCUT2D eigenvalue weighted by Gasteiger charge is 2.54. The van der Waals surface area contributed by atoms with Gasteiger partial charge in [0.05, 0.1) is 33.3 Å². The molecule has 248 valence electrons. The molecule has 0 saturated carbocycles. The number of piperazine rings is 1. The van der Waals surface area contributed by atoms with Crippen molar-refractivity contribution in [3.8, 4) is 17.1 Å². The van der Waals surface area contributed by atoms with Crippen molar-refractivity contribution in [1.82, 2.24) is 25.2 Å². The van der Waals surface area contributed by atoms with Gasteiger partial charge in [0, 0.05) is 42.4 Å². The number of alkyl halides is 3. The molecule has 0 amide bonds. The molecular weight excluding hydrogens is 631 g/mol. The van der Waals surface area contributed by atoms with E-state index in [0.29, 0.717) is 32.5 Å². The average Bonchev–Trinajstić information content (AvgIpc) is 3.72. The summed E-state index contributed by atoms with van der Waals surface area (Å²) in [6.07, 6.45) is -4.38. The molecule has 0 radical (unpaired) electrons. The number of nitrogens with two attached hydrogens (primary N) is 1. The van der Waals surface area contributed by atoms with E-state index in [1.54, 1.807) is 0 Å². The molecule has 8 nitrogen and oxygen atoms in total. The summed E-state index contributed by atoms with van der Waals surface area (Å²) in [7, 11) is 0. The third-order valence-electron chi connectivity index (χ3n) is 10.6. The Morgan fingerprint density at radius 3 is 2.66 bits per heavy atom. The van der Waals surface area contributed by atoms with Crippen LogP contribution in [0.5, 0.6) is 6.01 Å². The monoisotopic (exact) mass is 661 g/mol. The Morgan fingerprint density at radius 2 is 1.94 bits per heavy atom. The number of fused-ring (bicyclic) bond motifs is 3. The van der Waals surface area contributed by atoms with Crippen LogP contribution >= 0.6 is 0 Å². The molecule has 3 aromatic rings. The van der Waals surface area contributed by atoms with Crippen LogP contribution in [-0.4, -0.2) is 69.8 Å². The molecule has 5 aliphatic rings. The highest BCUT2D eigenvalue weighted by molar-refractivity contribution is 6.04. The van der Waals surface area contributed by atoms with E-state index in [4.69, 9.17) is 10.5 Å².